The van der Waals surface area contributed by atoms with Crippen LogP contribution in [-0.4, -0.2) is 42.9 Å². The van der Waals surface area contributed by atoms with Crippen LogP contribution in [0.5, 0.6) is 0 Å². The number of rotatable bonds is 5. The van der Waals surface area contributed by atoms with Crippen LogP contribution in [0, 0.1) is 0 Å². The summed E-state index contributed by atoms with van der Waals surface area (Å²) in [5.41, 5.74) is 0. The van der Waals surface area contributed by atoms with Crippen molar-refractivity contribution in [1.29, 1.82) is 0 Å². The van der Waals surface area contributed by atoms with E-state index in [1.807, 2.05) is 0 Å². The normalized spacial score (nSPS) is 11.1. The molecule has 112 valence electrons. The third-order valence-electron chi connectivity index (χ3n) is 2.55. The third kappa shape index (κ3) is 3.31. The standard InChI is InChI=1S/C11H11ClN4O4S/c1-20-11(17)6-16(15-7-13-14-8-15)21(18,19)10-4-2-9(12)3-5-10/h2-5,7-8H,6H2,1H3. The van der Waals surface area contributed by atoms with Gasteiger partial charge in [0, 0.05) is 5.02 Å². The predicted octanol–water partition coefficient (Wildman–Crippen LogP) is 0.431. The first-order valence-electron chi connectivity index (χ1n) is 5.65. The van der Waals surface area contributed by atoms with Gasteiger partial charge in [-0.2, -0.15) is 12.8 Å². The van der Waals surface area contributed by atoms with E-state index >= 15 is 0 Å². The van der Waals surface area contributed by atoms with Crippen molar-refractivity contribution in [1.82, 2.24) is 14.9 Å². The average Bonchev–Trinajstić information content (AvgIpc) is 2.98. The SMILES string of the molecule is COC(=O)CN(n1cnnc1)S(=O)(=O)c1ccc(Cl)cc1. The number of methoxy groups -OCH3 is 1. The maximum absolute atomic E-state index is 12.6. The van der Waals surface area contributed by atoms with E-state index < -0.39 is 22.5 Å². The summed E-state index contributed by atoms with van der Waals surface area (Å²) in [7, 11) is -2.82. The van der Waals surface area contributed by atoms with Gasteiger partial charge in [-0.1, -0.05) is 11.6 Å². The highest BCUT2D eigenvalue weighted by Gasteiger charge is 2.27. The second-order valence-corrected chi connectivity index (χ2v) is 6.14. The van der Waals surface area contributed by atoms with Crippen LogP contribution in [0.3, 0.4) is 0 Å². The van der Waals surface area contributed by atoms with E-state index in [1.54, 1.807) is 0 Å². The Labute approximate surface area is 125 Å². The van der Waals surface area contributed by atoms with Crippen molar-refractivity contribution < 1.29 is 17.9 Å². The molecule has 0 saturated heterocycles. The summed E-state index contributed by atoms with van der Waals surface area (Å²) in [4.78, 5) is 11.4. The molecule has 8 nitrogen and oxygen atoms in total. The lowest BCUT2D eigenvalue weighted by Crippen LogP contribution is -2.43. The van der Waals surface area contributed by atoms with Crippen molar-refractivity contribution in [3.63, 3.8) is 0 Å². The number of halogens is 1. The molecular formula is C11H11ClN4O4S. The molecule has 0 N–H and O–H groups in total. The Hall–Kier alpha value is -2.13. The van der Waals surface area contributed by atoms with Gasteiger partial charge in [0.25, 0.3) is 10.0 Å². The minimum atomic E-state index is -3.99. The smallest absolute Gasteiger partial charge is 0.328 e. The maximum atomic E-state index is 12.6. The molecule has 0 aliphatic heterocycles. The second kappa shape index (κ2) is 6.10. The number of nitrogens with zero attached hydrogens (tertiary/aromatic N) is 4. The van der Waals surface area contributed by atoms with Crippen LogP contribution < -0.4 is 4.41 Å². The fraction of sp³-hybridized carbons (Fsp3) is 0.182. The van der Waals surface area contributed by atoms with Gasteiger partial charge in [-0.25, -0.2) is 4.68 Å². The molecule has 0 fully saturated rings. The van der Waals surface area contributed by atoms with Gasteiger partial charge >= 0.3 is 5.97 Å². The summed E-state index contributed by atoms with van der Waals surface area (Å²) in [5.74, 6) is -0.721. The van der Waals surface area contributed by atoms with E-state index in [2.05, 4.69) is 14.9 Å². The zero-order chi connectivity index (χ0) is 15.5. The van der Waals surface area contributed by atoms with Gasteiger partial charge in [-0.05, 0) is 24.3 Å². The highest BCUT2D eigenvalue weighted by molar-refractivity contribution is 7.92. The van der Waals surface area contributed by atoms with Crippen molar-refractivity contribution >= 4 is 27.6 Å². The van der Waals surface area contributed by atoms with E-state index in [0.717, 1.165) is 21.7 Å². The quantitative estimate of drug-likeness (QED) is 0.738. The Morgan fingerprint density at radius 3 is 2.38 bits per heavy atom. The summed E-state index contributed by atoms with van der Waals surface area (Å²) in [6, 6.07) is 5.56. The molecule has 1 aromatic carbocycles. The first kappa shape index (κ1) is 15.3. The van der Waals surface area contributed by atoms with Crippen LogP contribution in [0.25, 0.3) is 0 Å². The average molecular weight is 331 g/mol. The zero-order valence-corrected chi connectivity index (χ0v) is 12.5. The van der Waals surface area contributed by atoms with Gasteiger partial charge in [0.05, 0.1) is 12.0 Å². The minimum absolute atomic E-state index is 0.0236. The summed E-state index contributed by atoms with van der Waals surface area (Å²) in [6.07, 6.45) is 2.33. The molecule has 2 rings (SSSR count). The van der Waals surface area contributed by atoms with Crippen molar-refractivity contribution in [2.24, 2.45) is 0 Å². The summed E-state index contributed by atoms with van der Waals surface area (Å²) in [6.45, 7) is -0.514. The maximum Gasteiger partial charge on any atom is 0.328 e. The number of hydrogen-bond donors (Lipinski definition) is 0. The predicted molar refractivity (Wildman–Crippen MR) is 73.8 cm³/mol. The molecule has 0 unspecified atom stereocenters. The summed E-state index contributed by atoms with van der Waals surface area (Å²) in [5, 5.41) is 7.46. The van der Waals surface area contributed by atoms with E-state index in [-0.39, 0.29) is 4.90 Å². The lowest BCUT2D eigenvalue weighted by atomic mass is 10.4. The molecule has 0 aliphatic rings. The van der Waals surface area contributed by atoms with Gasteiger partial charge in [-0.15, -0.1) is 10.2 Å². The molecule has 0 aliphatic carbocycles. The molecule has 0 spiro atoms. The Kier molecular flexibility index (Phi) is 4.43. The van der Waals surface area contributed by atoms with Crippen molar-refractivity contribution in [2.75, 3.05) is 18.1 Å². The molecule has 21 heavy (non-hydrogen) atoms. The summed E-state index contributed by atoms with van der Waals surface area (Å²) < 4.78 is 31.6. The van der Waals surface area contributed by atoms with Gasteiger partial charge in [-0.3, -0.25) is 4.79 Å². The first-order valence-corrected chi connectivity index (χ1v) is 7.47. The number of hydrogen-bond acceptors (Lipinski definition) is 6. The number of benzene rings is 1. The lowest BCUT2D eigenvalue weighted by molar-refractivity contribution is -0.139. The van der Waals surface area contributed by atoms with Gasteiger partial charge in [0.15, 0.2) is 0 Å². The fourth-order valence-electron chi connectivity index (χ4n) is 1.50. The van der Waals surface area contributed by atoms with Crippen molar-refractivity contribution in [3.8, 4) is 0 Å². The molecule has 0 bridgehead atoms. The van der Waals surface area contributed by atoms with Crippen LogP contribution in [-0.2, 0) is 19.6 Å². The van der Waals surface area contributed by atoms with Crippen molar-refractivity contribution in [2.45, 2.75) is 4.90 Å². The Bertz CT molecular complexity index is 715. The lowest BCUT2D eigenvalue weighted by Gasteiger charge is -2.22. The van der Waals surface area contributed by atoms with Crippen molar-refractivity contribution in [3.05, 3.63) is 41.9 Å². The number of carbonyl (C=O) groups excluding carboxylic acids is 1. The van der Waals surface area contributed by atoms with Gasteiger partial charge in [0.2, 0.25) is 0 Å². The topological polar surface area (TPSA) is 94.4 Å². The number of ether oxygens (including phenoxy) is 1. The Morgan fingerprint density at radius 1 is 1.29 bits per heavy atom. The van der Waals surface area contributed by atoms with Crippen LogP contribution in [0.2, 0.25) is 5.02 Å². The molecular weight excluding hydrogens is 320 g/mol. The molecule has 1 aromatic heterocycles. The summed E-state index contributed by atoms with van der Waals surface area (Å²) >= 11 is 5.74. The van der Waals surface area contributed by atoms with Crippen LogP contribution in [0.4, 0.5) is 0 Å². The van der Waals surface area contributed by atoms with Crippen LogP contribution in [0.15, 0.2) is 41.8 Å². The molecule has 0 saturated carbocycles. The highest BCUT2D eigenvalue weighted by atomic mass is 35.5. The molecule has 1 heterocycles. The van der Waals surface area contributed by atoms with E-state index in [4.69, 9.17) is 11.6 Å². The monoisotopic (exact) mass is 330 g/mol. The van der Waals surface area contributed by atoms with E-state index in [0.29, 0.717) is 5.02 Å². The molecule has 0 atom stereocenters. The zero-order valence-electron chi connectivity index (χ0n) is 10.9. The first-order chi connectivity index (χ1) is 9.95. The molecule has 0 amide bonds. The van der Waals surface area contributed by atoms with E-state index in [9.17, 15) is 13.2 Å². The Morgan fingerprint density at radius 2 is 1.86 bits per heavy atom. The van der Waals surface area contributed by atoms with Crippen LogP contribution in [0.1, 0.15) is 0 Å². The molecule has 2 aromatic rings. The van der Waals surface area contributed by atoms with E-state index in [1.165, 1.54) is 31.4 Å². The molecule has 10 heteroatoms. The minimum Gasteiger partial charge on any atom is -0.468 e. The van der Waals surface area contributed by atoms with Gasteiger partial charge in [0.1, 0.15) is 19.2 Å². The number of aromatic nitrogens is 3. The Balaban J connectivity index is 2.44. The number of esters is 1. The van der Waals surface area contributed by atoms with Gasteiger partial charge < -0.3 is 4.74 Å². The number of carbonyl (C=O) groups is 1. The highest BCUT2D eigenvalue weighted by Crippen LogP contribution is 2.17. The fourth-order valence-corrected chi connectivity index (χ4v) is 2.96. The largest absolute Gasteiger partial charge is 0.468 e. The number of sulfonamides is 1. The third-order valence-corrected chi connectivity index (χ3v) is 4.54. The van der Waals surface area contributed by atoms with Crippen LogP contribution >= 0.6 is 11.6 Å². The molecule has 0 radical (unpaired) electrons. The second-order valence-electron chi connectivity index (χ2n) is 3.86.